The maximum absolute atomic E-state index is 12.3. The lowest BCUT2D eigenvalue weighted by atomic mass is 9.68. The number of carbonyl (C=O) groups excluding carboxylic acids is 1. The molecule has 0 aromatic carbocycles. The topological polar surface area (TPSA) is 29.1 Å². The first kappa shape index (κ1) is 14.1. The summed E-state index contributed by atoms with van der Waals surface area (Å²) in [6.45, 7) is 6.48. The monoisotopic (exact) mass is 235 g/mol. The Morgan fingerprint density at radius 2 is 2.24 bits per heavy atom. The van der Waals surface area contributed by atoms with Crippen molar-refractivity contribution in [2.24, 2.45) is 11.3 Å². The summed E-state index contributed by atoms with van der Waals surface area (Å²) < 4.78 is 0. The SMILES string of the molecule is C#CCC(CC)NC(=O)C1CCCCC1(C)C. The Morgan fingerprint density at radius 1 is 1.53 bits per heavy atom. The van der Waals surface area contributed by atoms with Gasteiger partial charge in [-0.1, -0.05) is 33.6 Å². The van der Waals surface area contributed by atoms with Crippen LogP contribution in [0.25, 0.3) is 0 Å². The Hall–Kier alpha value is -0.970. The molecular formula is C15H25NO. The van der Waals surface area contributed by atoms with Gasteiger partial charge in [-0.3, -0.25) is 4.79 Å². The number of amides is 1. The second kappa shape index (κ2) is 6.10. The molecule has 1 amide bonds. The van der Waals surface area contributed by atoms with E-state index in [9.17, 15) is 4.79 Å². The summed E-state index contributed by atoms with van der Waals surface area (Å²) >= 11 is 0. The molecule has 2 atom stereocenters. The fourth-order valence-electron chi connectivity index (χ4n) is 2.72. The highest BCUT2D eigenvalue weighted by molar-refractivity contribution is 5.79. The highest BCUT2D eigenvalue weighted by Gasteiger charge is 2.37. The highest BCUT2D eigenvalue weighted by atomic mass is 16.2. The summed E-state index contributed by atoms with van der Waals surface area (Å²) in [5.74, 6) is 2.99. The maximum Gasteiger partial charge on any atom is 0.223 e. The van der Waals surface area contributed by atoms with Crippen LogP contribution in [0, 0.1) is 23.7 Å². The van der Waals surface area contributed by atoms with Crippen molar-refractivity contribution in [1.82, 2.24) is 5.32 Å². The molecule has 2 heteroatoms. The molecule has 0 aromatic heterocycles. The van der Waals surface area contributed by atoms with Crippen LogP contribution in [0.3, 0.4) is 0 Å². The molecule has 0 bridgehead atoms. The fourth-order valence-corrected chi connectivity index (χ4v) is 2.72. The lowest BCUT2D eigenvalue weighted by molar-refractivity contribution is -0.130. The minimum absolute atomic E-state index is 0.136. The Kier molecular flexibility index (Phi) is 5.05. The first-order valence-corrected chi connectivity index (χ1v) is 6.75. The van der Waals surface area contributed by atoms with Gasteiger partial charge in [-0.05, 0) is 24.7 Å². The molecular weight excluding hydrogens is 210 g/mol. The second-order valence-electron chi connectivity index (χ2n) is 5.81. The molecule has 2 nitrogen and oxygen atoms in total. The summed E-state index contributed by atoms with van der Waals surface area (Å²) in [6, 6.07) is 0.144. The van der Waals surface area contributed by atoms with Gasteiger partial charge in [0.15, 0.2) is 0 Å². The van der Waals surface area contributed by atoms with Crippen molar-refractivity contribution in [2.75, 3.05) is 0 Å². The number of terminal acetylenes is 1. The first-order valence-electron chi connectivity index (χ1n) is 6.75. The summed E-state index contributed by atoms with van der Waals surface area (Å²) in [7, 11) is 0. The normalized spacial score (nSPS) is 24.7. The zero-order valence-corrected chi connectivity index (χ0v) is 11.4. The van der Waals surface area contributed by atoms with E-state index < -0.39 is 0 Å². The summed E-state index contributed by atoms with van der Waals surface area (Å²) in [6.07, 6.45) is 11.4. The third kappa shape index (κ3) is 3.77. The molecule has 1 N–H and O–H groups in total. The Labute approximate surface area is 106 Å². The molecule has 0 aliphatic heterocycles. The third-order valence-electron chi connectivity index (χ3n) is 4.03. The van der Waals surface area contributed by atoms with Gasteiger partial charge in [0.05, 0.1) is 0 Å². The minimum atomic E-state index is 0.136. The van der Waals surface area contributed by atoms with E-state index >= 15 is 0 Å². The molecule has 1 fully saturated rings. The van der Waals surface area contributed by atoms with Crippen molar-refractivity contribution < 1.29 is 4.79 Å². The zero-order valence-electron chi connectivity index (χ0n) is 11.4. The van der Waals surface area contributed by atoms with Gasteiger partial charge < -0.3 is 5.32 Å². The van der Waals surface area contributed by atoms with Gasteiger partial charge in [0.2, 0.25) is 5.91 Å². The minimum Gasteiger partial charge on any atom is -0.352 e. The van der Waals surface area contributed by atoms with Crippen molar-refractivity contribution >= 4 is 5.91 Å². The average Bonchev–Trinajstić information content (AvgIpc) is 2.27. The molecule has 0 saturated heterocycles. The van der Waals surface area contributed by atoms with E-state index in [1.165, 1.54) is 12.8 Å². The van der Waals surface area contributed by atoms with Gasteiger partial charge in [-0.2, -0.15) is 0 Å². The molecule has 1 rings (SSSR count). The van der Waals surface area contributed by atoms with Crippen molar-refractivity contribution in [3.63, 3.8) is 0 Å². The molecule has 1 saturated carbocycles. The first-order chi connectivity index (χ1) is 8.01. The lowest BCUT2D eigenvalue weighted by Crippen LogP contribution is -2.44. The van der Waals surface area contributed by atoms with Gasteiger partial charge in [0, 0.05) is 18.4 Å². The van der Waals surface area contributed by atoms with Crippen LogP contribution in [-0.2, 0) is 4.79 Å². The van der Waals surface area contributed by atoms with Gasteiger partial charge in [-0.15, -0.1) is 12.3 Å². The van der Waals surface area contributed by atoms with Crippen molar-refractivity contribution in [3.05, 3.63) is 0 Å². The van der Waals surface area contributed by atoms with Gasteiger partial charge in [0.1, 0.15) is 0 Å². The van der Waals surface area contributed by atoms with Crippen LogP contribution in [-0.4, -0.2) is 11.9 Å². The van der Waals surface area contributed by atoms with Crippen LogP contribution < -0.4 is 5.32 Å². The third-order valence-corrected chi connectivity index (χ3v) is 4.03. The Balaban J connectivity index is 2.59. The van der Waals surface area contributed by atoms with Crippen LogP contribution >= 0.6 is 0 Å². The molecule has 2 unspecified atom stereocenters. The predicted octanol–water partition coefficient (Wildman–Crippen LogP) is 3.12. The zero-order chi connectivity index (χ0) is 12.9. The van der Waals surface area contributed by atoms with Crippen LogP contribution in [0.1, 0.15) is 59.3 Å². The summed E-state index contributed by atoms with van der Waals surface area (Å²) in [4.78, 5) is 12.3. The lowest BCUT2D eigenvalue weighted by Gasteiger charge is -2.38. The molecule has 0 aromatic rings. The maximum atomic E-state index is 12.3. The summed E-state index contributed by atoms with van der Waals surface area (Å²) in [5.41, 5.74) is 0.136. The van der Waals surface area contributed by atoms with Crippen LogP contribution in [0.4, 0.5) is 0 Å². The molecule has 0 spiro atoms. The Bertz CT molecular complexity index is 301. The molecule has 1 aliphatic rings. The van der Waals surface area contributed by atoms with Crippen LogP contribution in [0.15, 0.2) is 0 Å². The van der Waals surface area contributed by atoms with E-state index in [4.69, 9.17) is 6.42 Å². The number of hydrogen-bond donors (Lipinski definition) is 1. The Morgan fingerprint density at radius 3 is 2.76 bits per heavy atom. The number of rotatable bonds is 4. The fraction of sp³-hybridized carbons (Fsp3) is 0.800. The van der Waals surface area contributed by atoms with Crippen LogP contribution in [0.5, 0.6) is 0 Å². The van der Waals surface area contributed by atoms with E-state index in [1.54, 1.807) is 0 Å². The molecule has 0 heterocycles. The van der Waals surface area contributed by atoms with E-state index in [-0.39, 0.29) is 23.3 Å². The van der Waals surface area contributed by atoms with Crippen molar-refractivity contribution in [1.29, 1.82) is 0 Å². The van der Waals surface area contributed by atoms with Crippen molar-refractivity contribution in [2.45, 2.75) is 65.3 Å². The van der Waals surface area contributed by atoms with E-state index in [0.717, 1.165) is 19.3 Å². The smallest absolute Gasteiger partial charge is 0.223 e. The average molecular weight is 235 g/mol. The number of carbonyl (C=O) groups is 1. The molecule has 0 radical (unpaired) electrons. The summed E-state index contributed by atoms with van der Waals surface area (Å²) in [5, 5.41) is 3.11. The second-order valence-corrected chi connectivity index (χ2v) is 5.81. The highest BCUT2D eigenvalue weighted by Crippen LogP contribution is 2.40. The molecule has 17 heavy (non-hydrogen) atoms. The van der Waals surface area contributed by atoms with Gasteiger partial charge >= 0.3 is 0 Å². The van der Waals surface area contributed by atoms with E-state index in [1.807, 2.05) is 0 Å². The van der Waals surface area contributed by atoms with Crippen LogP contribution in [0.2, 0.25) is 0 Å². The standard InChI is InChI=1S/C15H25NO/c1-5-9-12(6-2)16-14(17)13-10-7-8-11-15(13,3)4/h1,12-13H,6-11H2,2-4H3,(H,16,17). The van der Waals surface area contributed by atoms with Crippen molar-refractivity contribution in [3.8, 4) is 12.3 Å². The van der Waals surface area contributed by atoms with Gasteiger partial charge in [-0.25, -0.2) is 0 Å². The van der Waals surface area contributed by atoms with Gasteiger partial charge in [0.25, 0.3) is 0 Å². The van der Waals surface area contributed by atoms with E-state index in [2.05, 4.69) is 32.0 Å². The van der Waals surface area contributed by atoms with E-state index in [0.29, 0.717) is 6.42 Å². The predicted molar refractivity (Wildman–Crippen MR) is 71.4 cm³/mol. The quantitative estimate of drug-likeness (QED) is 0.745. The number of nitrogens with one attached hydrogen (secondary N) is 1. The largest absolute Gasteiger partial charge is 0.352 e. The molecule has 1 aliphatic carbocycles. The molecule has 96 valence electrons. The number of hydrogen-bond acceptors (Lipinski definition) is 1.